The number of quaternary nitrogens is 1. The van der Waals surface area contributed by atoms with Gasteiger partial charge in [0.25, 0.3) is 0 Å². The Labute approximate surface area is 123 Å². The van der Waals surface area contributed by atoms with Crippen molar-refractivity contribution in [3.63, 3.8) is 0 Å². The average molecular weight is 237 g/mol. The third-order valence-corrected chi connectivity index (χ3v) is 2.08. The van der Waals surface area contributed by atoms with Crippen molar-refractivity contribution in [2.24, 2.45) is 0 Å². The van der Waals surface area contributed by atoms with Crippen LogP contribution in [0.25, 0.3) is 0 Å². The number of rotatable bonds is 4. The van der Waals surface area contributed by atoms with Gasteiger partial charge in [0, 0.05) is 5.56 Å². The maximum absolute atomic E-state index is 3.77. The molecule has 15 heavy (non-hydrogen) atoms. The second-order valence-electron chi connectivity index (χ2n) is 4.05. The summed E-state index contributed by atoms with van der Waals surface area (Å²) in [6.07, 6.45) is 1.98. The molecule has 1 rings (SSSR count). The zero-order chi connectivity index (χ0) is 9.73. The first-order valence-corrected chi connectivity index (χ1v) is 4.61. The zero-order valence-corrected chi connectivity index (χ0v) is 12.8. The molecule has 0 aromatic heterocycles. The molecule has 3 heteroatoms. The minimum Gasteiger partial charge on any atom is -1.00 e. The Bertz CT molecular complexity index is 278. The summed E-state index contributed by atoms with van der Waals surface area (Å²) in [6.45, 7) is 5.84. The standard InChI is InChI=1S/C12H18N.ClH.Na.H/c1-4-10-13(2,3)11-12-8-6-5-7-9-12;;;/h4-9H,1,10-11H2,2-3H3;1H;;/q+1;;+1;-1. The van der Waals surface area contributed by atoms with Crippen molar-refractivity contribution in [2.75, 3.05) is 20.6 Å². The summed E-state index contributed by atoms with van der Waals surface area (Å²) in [7, 11) is 4.43. The van der Waals surface area contributed by atoms with Gasteiger partial charge < -0.3 is 5.91 Å². The van der Waals surface area contributed by atoms with Crippen LogP contribution in [-0.2, 0) is 6.54 Å². The quantitative estimate of drug-likeness (QED) is 0.392. The predicted molar refractivity (Wildman–Crippen MR) is 65.7 cm³/mol. The molecule has 1 nitrogen and oxygen atoms in total. The molecule has 0 unspecified atom stereocenters. The van der Waals surface area contributed by atoms with Crippen LogP contribution in [0.1, 0.15) is 6.99 Å². The molecule has 0 N–H and O–H groups in total. The van der Waals surface area contributed by atoms with Crippen molar-refractivity contribution < 1.29 is 35.5 Å². The van der Waals surface area contributed by atoms with E-state index in [-0.39, 0.29) is 43.4 Å². The third kappa shape index (κ3) is 7.15. The minimum atomic E-state index is 0. The second kappa shape index (κ2) is 8.37. The molecule has 0 fully saturated rings. The van der Waals surface area contributed by atoms with Crippen LogP contribution in [0.3, 0.4) is 0 Å². The Morgan fingerprint density at radius 2 is 1.80 bits per heavy atom. The Morgan fingerprint density at radius 3 is 2.27 bits per heavy atom. The van der Waals surface area contributed by atoms with Gasteiger partial charge >= 0.3 is 29.6 Å². The molecule has 0 saturated heterocycles. The van der Waals surface area contributed by atoms with Crippen molar-refractivity contribution in [1.29, 1.82) is 0 Å². The fraction of sp³-hybridized carbons (Fsp3) is 0.333. The maximum atomic E-state index is 3.77. The van der Waals surface area contributed by atoms with Gasteiger partial charge in [-0.25, -0.2) is 0 Å². The summed E-state index contributed by atoms with van der Waals surface area (Å²) >= 11 is 0. The normalized spacial score (nSPS) is 9.73. The van der Waals surface area contributed by atoms with E-state index in [1.807, 2.05) is 6.08 Å². The van der Waals surface area contributed by atoms with Gasteiger partial charge in [-0.1, -0.05) is 36.9 Å². The van der Waals surface area contributed by atoms with E-state index in [1.54, 1.807) is 0 Å². The van der Waals surface area contributed by atoms with Crippen LogP contribution < -0.4 is 29.6 Å². The molecule has 0 spiro atoms. The fourth-order valence-corrected chi connectivity index (χ4v) is 1.49. The van der Waals surface area contributed by atoms with E-state index in [4.69, 9.17) is 0 Å². The van der Waals surface area contributed by atoms with Crippen LogP contribution in [0, 0.1) is 0 Å². The van der Waals surface area contributed by atoms with Gasteiger partial charge in [-0.2, -0.15) is 0 Å². The Balaban J connectivity index is -0.000000563. The molecule has 0 aliphatic carbocycles. The minimum absolute atomic E-state index is 0. The Hall–Kier alpha value is 0.210. The number of hydrogen-bond donors (Lipinski definition) is 0. The molecule has 0 bridgehead atoms. The van der Waals surface area contributed by atoms with E-state index >= 15 is 0 Å². The summed E-state index contributed by atoms with van der Waals surface area (Å²) in [6, 6.07) is 10.6. The van der Waals surface area contributed by atoms with Gasteiger partial charge in [-0.15, -0.1) is 12.4 Å². The molecule has 1 aromatic carbocycles. The summed E-state index contributed by atoms with van der Waals surface area (Å²) in [5, 5.41) is 0. The summed E-state index contributed by atoms with van der Waals surface area (Å²) in [4.78, 5) is 0. The largest absolute Gasteiger partial charge is 1.00 e. The number of hydrogen-bond acceptors (Lipinski definition) is 0. The summed E-state index contributed by atoms with van der Waals surface area (Å²) < 4.78 is 0.966. The van der Waals surface area contributed by atoms with Crippen molar-refractivity contribution in [3.05, 3.63) is 48.6 Å². The van der Waals surface area contributed by atoms with Crippen molar-refractivity contribution in [3.8, 4) is 0 Å². The molecule has 0 heterocycles. The van der Waals surface area contributed by atoms with Gasteiger partial charge in [-0.3, -0.25) is 0 Å². The van der Waals surface area contributed by atoms with Gasteiger partial charge in [0.05, 0.1) is 20.6 Å². The van der Waals surface area contributed by atoms with E-state index in [0.29, 0.717) is 0 Å². The molecule has 80 valence electrons. The molecule has 0 atom stereocenters. The van der Waals surface area contributed by atoms with E-state index in [1.165, 1.54) is 5.56 Å². The van der Waals surface area contributed by atoms with E-state index in [0.717, 1.165) is 17.6 Å². The smallest absolute Gasteiger partial charge is 1.00 e. The zero-order valence-electron chi connectivity index (χ0n) is 10.9. The number of halogens is 1. The van der Waals surface area contributed by atoms with Crippen LogP contribution in [0.4, 0.5) is 0 Å². The summed E-state index contributed by atoms with van der Waals surface area (Å²) in [5.41, 5.74) is 1.38. The van der Waals surface area contributed by atoms with Crippen LogP contribution in [0.2, 0.25) is 0 Å². The molecule has 0 radical (unpaired) electrons. The fourth-order valence-electron chi connectivity index (χ4n) is 1.49. The Kier molecular flexibility index (Phi) is 9.82. The van der Waals surface area contributed by atoms with Crippen LogP contribution in [-0.4, -0.2) is 25.1 Å². The monoisotopic (exact) mass is 236 g/mol. The van der Waals surface area contributed by atoms with Gasteiger partial charge in [0.2, 0.25) is 0 Å². The summed E-state index contributed by atoms with van der Waals surface area (Å²) in [5.74, 6) is 0. The van der Waals surface area contributed by atoms with E-state index in [2.05, 4.69) is 51.0 Å². The first-order valence-electron chi connectivity index (χ1n) is 4.61. The molecular formula is C12H20ClNNa+. The predicted octanol–water partition coefficient (Wildman–Crippen LogP) is -0.0127. The van der Waals surface area contributed by atoms with E-state index in [9.17, 15) is 0 Å². The van der Waals surface area contributed by atoms with Gasteiger partial charge in [0.1, 0.15) is 6.54 Å². The number of likely N-dealkylation sites (N-methyl/N-ethyl adjacent to an activating group) is 1. The first-order chi connectivity index (χ1) is 6.14. The molecule has 0 aliphatic heterocycles. The molecule has 0 amide bonds. The molecule has 0 aliphatic rings. The van der Waals surface area contributed by atoms with Crippen LogP contribution >= 0.6 is 12.4 Å². The third-order valence-electron chi connectivity index (χ3n) is 2.08. The maximum Gasteiger partial charge on any atom is 1.00 e. The first kappa shape index (κ1) is 17.6. The number of nitrogens with zero attached hydrogens (tertiary/aromatic N) is 1. The average Bonchev–Trinajstić information content (AvgIpc) is 2.04. The van der Waals surface area contributed by atoms with Crippen LogP contribution in [0.5, 0.6) is 0 Å². The molecule has 0 saturated carbocycles. The Morgan fingerprint density at radius 1 is 1.27 bits per heavy atom. The van der Waals surface area contributed by atoms with Crippen LogP contribution in [0.15, 0.2) is 43.0 Å². The van der Waals surface area contributed by atoms with Crippen molar-refractivity contribution in [1.82, 2.24) is 0 Å². The molecular weight excluding hydrogens is 217 g/mol. The number of benzene rings is 1. The van der Waals surface area contributed by atoms with E-state index < -0.39 is 0 Å². The van der Waals surface area contributed by atoms with Crippen molar-refractivity contribution in [2.45, 2.75) is 6.54 Å². The SMILES string of the molecule is C=CC[N+](C)(C)Cc1ccccc1.Cl.[H-].[Na+]. The van der Waals surface area contributed by atoms with Gasteiger partial charge in [0.15, 0.2) is 0 Å². The van der Waals surface area contributed by atoms with Crippen molar-refractivity contribution >= 4 is 12.4 Å². The topological polar surface area (TPSA) is 0 Å². The van der Waals surface area contributed by atoms with Gasteiger partial charge in [-0.05, 0) is 6.08 Å². The second-order valence-corrected chi connectivity index (χ2v) is 4.05. The molecule has 1 aromatic rings.